The predicted octanol–water partition coefficient (Wildman–Crippen LogP) is 2.89. The van der Waals surface area contributed by atoms with Crippen molar-refractivity contribution >= 4 is 29.8 Å². The highest BCUT2D eigenvalue weighted by Crippen LogP contribution is 2.26. The second-order valence-electron chi connectivity index (χ2n) is 4.94. The number of carboxylic acid groups (broad SMARTS) is 2. The molecule has 0 aliphatic rings. The van der Waals surface area contributed by atoms with Gasteiger partial charge in [0, 0.05) is 18.2 Å². The van der Waals surface area contributed by atoms with Gasteiger partial charge in [-0.25, -0.2) is 9.59 Å². The Morgan fingerprint density at radius 1 is 0.889 bits per heavy atom. The van der Waals surface area contributed by atoms with E-state index in [1.54, 1.807) is 12.1 Å². The van der Waals surface area contributed by atoms with Crippen LogP contribution in [0.5, 0.6) is 11.5 Å². The number of carboxylic acids is 2. The topological polar surface area (TPSA) is 158 Å². The van der Waals surface area contributed by atoms with E-state index in [2.05, 4.69) is 0 Å². The molecule has 0 radical (unpaired) electrons. The molecule has 0 fully saturated rings. The number of carbonyl (C=O) groups is 2. The van der Waals surface area contributed by atoms with Crippen LogP contribution in [-0.4, -0.2) is 37.3 Å². The van der Waals surface area contributed by atoms with E-state index in [0.717, 1.165) is 24.3 Å². The van der Waals surface area contributed by atoms with Gasteiger partial charge in [0.2, 0.25) is 0 Å². The molecule has 0 heterocycles. The maximum Gasteiger partial charge on any atom is 0.328 e. The van der Waals surface area contributed by atoms with E-state index in [1.165, 1.54) is 30.4 Å². The SMILES string of the molecule is O=C(O)C=Cc1ccc([N+](=O)[O-])c(O)c1.O=C(O)C=Cc1cccc(O)c1. The van der Waals surface area contributed by atoms with E-state index in [9.17, 15) is 24.8 Å². The van der Waals surface area contributed by atoms with E-state index < -0.39 is 28.3 Å². The third kappa shape index (κ3) is 7.98. The van der Waals surface area contributed by atoms with Crippen LogP contribution in [0.4, 0.5) is 5.69 Å². The summed E-state index contributed by atoms with van der Waals surface area (Å²) in [6.45, 7) is 0. The predicted molar refractivity (Wildman–Crippen MR) is 96.2 cm³/mol. The molecule has 27 heavy (non-hydrogen) atoms. The highest BCUT2D eigenvalue weighted by molar-refractivity contribution is 5.85. The number of phenolic OH excluding ortho intramolecular Hbond substituents is 2. The molecule has 0 aliphatic heterocycles. The number of aromatic hydroxyl groups is 2. The van der Waals surface area contributed by atoms with E-state index in [0.29, 0.717) is 11.1 Å². The molecule has 9 nitrogen and oxygen atoms in total. The minimum absolute atomic E-state index is 0.127. The summed E-state index contributed by atoms with van der Waals surface area (Å²) >= 11 is 0. The number of rotatable bonds is 5. The molecule has 0 aliphatic carbocycles. The Kier molecular flexibility index (Phi) is 7.73. The van der Waals surface area contributed by atoms with Crippen LogP contribution >= 0.6 is 0 Å². The summed E-state index contributed by atoms with van der Waals surface area (Å²) in [6, 6.07) is 9.94. The molecule has 2 aromatic carbocycles. The first-order chi connectivity index (χ1) is 12.7. The standard InChI is InChI=1S/C9H7NO5.C9H8O3/c11-8-5-6(2-4-9(12)13)1-3-7(8)10(14)15;10-8-3-1-2-7(6-8)4-5-9(11)12/h1-5,11H,(H,12,13);1-6,10H,(H,11,12). The van der Waals surface area contributed by atoms with Crippen molar-refractivity contribution < 1.29 is 34.9 Å². The highest BCUT2D eigenvalue weighted by atomic mass is 16.6. The maximum absolute atomic E-state index is 10.3. The molecular formula is C18H15NO8. The van der Waals surface area contributed by atoms with E-state index in [4.69, 9.17) is 15.3 Å². The second kappa shape index (κ2) is 9.99. The fourth-order valence-electron chi connectivity index (χ4n) is 1.76. The monoisotopic (exact) mass is 373 g/mol. The largest absolute Gasteiger partial charge is 0.508 e. The van der Waals surface area contributed by atoms with Gasteiger partial charge in [0.15, 0.2) is 5.75 Å². The molecule has 0 aromatic heterocycles. The van der Waals surface area contributed by atoms with Crippen LogP contribution in [0.1, 0.15) is 11.1 Å². The van der Waals surface area contributed by atoms with Gasteiger partial charge >= 0.3 is 17.6 Å². The van der Waals surface area contributed by atoms with Crippen molar-refractivity contribution in [1.82, 2.24) is 0 Å². The number of nitro groups is 1. The van der Waals surface area contributed by atoms with Gasteiger partial charge in [0.25, 0.3) is 0 Å². The minimum Gasteiger partial charge on any atom is -0.508 e. The smallest absolute Gasteiger partial charge is 0.328 e. The lowest BCUT2D eigenvalue weighted by molar-refractivity contribution is -0.385. The van der Waals surface area contributed by atoms with Gasteiger partial charge in [-0.2, -0.15) is 0 Å². The molecule has 2 aromatic rings. The third-order valence-electron chi connectivity index (χ3n) is 2.90. The van der Waals surface area contributed by atoms with Crippen molar-refractivity contribution in [3.05, 3.63) is 75.9 Å². The Labute approximate surface area is 152 Å². The number of nitro benzene ring substituents is 1. The van der Waals surface area contributed by atoms with Gasteiger partial charge < -0.3 is 20.4 Å². The molecule has 0 spiro atoms. The molecule has 9 heteroatoms. The fraction of sp³-hybridized carbons (Fsp3) is 0. The van der Waals surface area contributed by atoms with Crippen LogP contribution in [0.2, 0.25) is 0 Å². The Morgan fingerprint density at radius 3 is 1.89 bits per heavy atom. The van der Waals surface area contributed by atoms with Crippen molar-refractivity contribution in [2.24, 2.45) is 0 Å². The molecule has 4 N–H and O–H groups in total. The molecule has 0 saturated heterocycles. The third-order valence-corrected chi connectivity index (χ3v) is 2.90. The molecular weight excluding hydrogens is 358 g/mol. The first kappa shape index (κ1) is 20.9. The summed E-state index contributed by atoms with van der Waals surface area (Å²) in [5.41, 5.74) is 0.625. The quantitative estimate of drug-likeness (QED) is 0.354. The summed E-state index contributed by atoms with van der Waals surface area (Å²) in [5.74, 6) is -2.50. The summed E-state index contributed by atoms with van der Waals surface area (Å²) in [5, 5.41) is 45.2. The van der Waals surface area contributed by atoms with Gasteiger partial charge in [-0.3, -0.25) is 10.1 Å². The van der Waals surface area contributed by atoms with Gasteiger partial charge in [-0.15, -0.1) is 0 Å². The van der Waals surface area contributed by atoms with Gasteiger partial charge in [0.1, 0.15) is 5.75 Å². The minimum atomic E-state index is -1.13. The van der Waals surface area contributed by atoms with Crippen molar-refractivity contribution in [2.45, 2.75) is 0 Å². The maximum atomic E-state index is 10.3. The number of aliphatic carboxylic acids is 2. The molecule has 140 valence electrons. The number of benzene rings is 2. The Balaban J connectivity index is 0.000000277. The molecule has 0 saturated carbocycles. The number of nitrogens with zero attached hydrogens (tertiary/aromatic N) is 1. The second-order valence-corrected chi connectivity index (χ2v) is 4.94. The van der Waals surface area contributed by atoms with Crippen LogP contribution < -0.4 is 0 Å². The molecule has 0 unspecified atom stereocenters. The molecule has 0 amide bonds. The number of hydrogen-bond acceptors (Lipinski definition) is 6. The zero-order chi connectivity index (χ0) is 20.4. The summed E-state index contributed by atoms with van der Waals surface area (Å²) in [6.07, 6.45) is 4.54. The van der Waals surface area contributed by atoms with Gasteiger partial charge in [0.05, 0.1) is 4.92 Å². The average molecular weight is 373 g/mol. The number of hydrogen-bond donors (Lipinski definition) is 4. The Bertz CT molecular complexity index is 902. The lowest BCUT2D eigenvalue weighted by Gasteiger charge is -1.96. The molecule has 2 rings (SSSR count). The van der Waals surface area contributed by atoms with E-state index in [1.807, 2.05) is 0 Å². The first-order valence-corrected chi connectivity index (χ1v) is 7.27. The highest BCUT2D eigenvalue weighted by Gasteiger charge is 2.11. The molecule has 0 atom stereocenters. The normalized spacial score (nSPS) is 10.4. The van der Waals surface area contributed by atoms with Crippen LogP contribution in [-0.2, 0) is 9.59 Å². The van der Waals surface area contributed by atoms with Crippen molar-refractivity contribution in [2.75, 3.05) is 0 Å². The summed E-state index contributed by atoms with van der Waals surface area (Å²) in [4.78, 5) is 29.9. The lowest BCUT2D eigenvalue weighted by Crippen LogP contribution is -1.89. The Hall–Kier alpha value is -4.14. The van der Waals surface area contributed by atoms with Gasteiger partial charge in [-0.05, 0) is 47.5 Å². The van der Waals surface area contributed by atoms with Crippen LogP contribution in [0.15, 0.2) is 54.6 Å². The van der Waals surface area contributed by atoms with Crippen LogP contribution in [0.3, 0.4) is 0 Å². The summed E-state index contributed by atoms with van der Waals surface area (Å²) < 4.78 is 0. The summed E-state index contributed by atoms with van der Waals surface area (Å²) in [7, 11) is 0. The van der Waals surface area contributed by atoms with Crippen molar-refractivity contribution in [1.29, 1.82) is 0 Å². The zero-order valence-electron chi connectivity index (χ0n) is 13.7. The lowest BCUT2D eigenvalue weighted by atomic mass is 10.2. The Morgan fingerprint density at radius 2 is 1.44 bits per heavy atom. The zero-order valence-corrected chi connectivity index (χ0v) is 13.7. The number of phenols is 2. The van der Waals surface area contributed by atoms with Crippen LogP contribution in [0.25, 0.3) is 12.2 Å². The van der Waals surface area contributed by atoms with Gasteiger partial charge in [-0.1, -0.05) is 12.1 Å². The van der Waals surface area contributed by atoms with Crippen molar-refractivity contribution in [3.8, 4) is 11.5 Å². The average Bonchev–Trinajstić information content (AvgIpc) is 2.58. The van der Waals surface area contributed by atoms with E-state index in [-0.39, 0.29) is 5.75 Å². The molecule has 0 bridgehead atoms. The first-order valence-electron chi connectivity index (χ1n) is 7.27. The van der Waals surface area contributed by atoms with Crippen molar-refractivity contribution in [3.63, 3.8) is 0 Å². The van der Waals surface area contributed by atoms with E-state index >= 15 is 0 Å². The fourth-order valence-corrected chi connectivity index (χ4v) is 1.76. The van der Waals surface area contributed by atoms with Crippen LogP contribution in [0, 0.1) is 10.1 Å².